The van der Waals surface area contributed by atoms with Crippen LogP contribution in [0.1, 0.15) is 43.0 Å². The van der Waals surface area contributed by atoms with Crippen molar-refractivity contribution < 1.29 is 14.3 Å². The van der Waals surface area contributed by atoms with Gasteiger partial charge in [-0.3, -0.25) is 4.79 Å². The molecule has 0 unspecified atom stereocenters. The van der Waals surface area contributed by atoms with Crippen LogP contribution in [-0.2, 0) is 4.74 Å². The van der Waals surface area contributed by atoms with Crippen molar-refractivity contribution in [2.24, 2.45) is 0 Å². The fraction of sp³-hybridized carbons (Fsp3) is 0.455. The predicted octanol–water partition coefficient (Wildman–Crippen LogP) is 4.36. The predicted molar refractivity (Wildman–Crippen MR) is 108 cm³/mol. The number of hydrogen-bond donors (Lipinski definition) is 0. The van der Waals surface area contributed by atoms with Crippen LogP contribution in [0.2, 0.25) is 0 Å². The highest BCUT2D eigenvalue weighted by molar-refractivity contribution is 5.85. The molecule has 27 heavy (non-hydrogen) atoms. The van der Waals surface area contributed by atoms with Crippen molar-refractivity contribution in [3.05, 3.63) is 42.1 Å². The topological polar surface area (TPSA) is 51.7 Å². The van der Waals surface area contributed by atoms with Gasteiger partial charge in [0.05, 0.1) is 12.2 Å². The number of hydrogen-bond acceptors (Lipinski definition) is 5. The second-order valence-corrected chi connectivity index (χ2v) is 6.79. The molecular weight excluding hydrogens is 340 g/mol. The molecule has 3 rings (SSSR count). The highest BCUT2D eigenvalue weighted by Gasteiger charge is 2.17. The van der Waals surface area contributed by atoms with Gasteiger partial charge in [-0.15, -0.1) is 0 Å². The monoisotopic (exact) mass is 368 g/mol. The molecule has 5 nitrogen and oxygen atoms in total. The van der Waals surface area contributed by atoms with Crippen molar-refractivity contribution in [1.29, 1.82) is 0 Å². The first kappa shape index (κ1) is 19.4. The second kappa shape index (κ2) is 10.1. The average Bonchev–Trinajstić information content (AvgIpc) is 3.25. The maximum Gasteiger partial charge on any atom is 0.153 e. The maximum absolute atomic E-state index is 11.5. The Hall–Kier alpha value is -2.40. The lowest BCUT2D eigenvalue weighted by atomic mass is 10.1. The number of pyridine rings is 1. The van der Waals surface area contributed by atoms with Crippen LogP contribution in [0.15, 0.2) is 36.5 Å². The van der Waals surface area contributed by atoms with Gasteiger partial charge in [0.15, 0.2) is 6.29 Å². The highest BCUT2D eigenvalue weighted by atomic mass is 16.5. The molecule has 0 aliphatic carbocycles. The summed E-state index contributed by atoms with van der Waals surface area (Å²) in [5, 5.41) is 0. The first-order valence-electron chi connectivity index (χ1n) is 9.83. The lowest BCUT2D eigenvalue weighted by Gasteiger charge is -2.18. The van der Waals surface area contributed by atoms with E-state index in [1.807, 2.05) is 36.5 Å². The number of aldehydes is 1. The number of aromatic nitrogens is 1. The van der Waals surface area contributed by atoms with E-state index in [1.54, 1.807) is 0 Å². The molecule has 0 spiro atoms. The Morgan fingerprint density at radius 3 is 2.56 bits per heavy atom. The van der Waals surface area contributed by atoms with E-state index in [1.165, 1.54) is 0 Å². The Bertz CT molecular complexity index is 725. The van der Waals surface area contributed by atoms with Crippen LogP contribution in [0.4, 0.5) is 5.82 Å². The normalized spacial score (nSPS) is 13.7. The van der Waals surface area contributed by atoms with Crippen LogP contribution in [0.25, 0.3) is 11.1 Å². The zero-order valence-electron chi connectivity index (χ0n) is 16.0. The fourth-order valence-electron chi connectivity index (χ4n) is 3.22. The van der Waals surface area contributed by atoms with Crippen LogP contribution in [0.3, 0.4) is 0 Å². The van der Waals surface area contributed by atoms with Gasteiger partial charge in [0.1, 0.15) is 18.2 Å². The molecular formula is C22H28N2O3. The molecule has 5 heteroatoms. The van der Waals surface area contributed by atoms with Crippen molar-refractivity contribution in [2.75, 3.05) is 37.8 Å². The molecule has 0 saturated carbocycles. The van der Waals surface area contributed by atoms with Gasteiger partial charge >= 0.3 is 0 Å². The number of ether oxygens (including phenoxy) is 2. The Balaban J connectivity index is 1.60. The summed E-state index contributed by atoms with van der Waals surface area (Å²) in [6, 6.07) is 9.79. The van der Waals surface area contributed by atoms with E-state index in [9.17, 15) is 4.79 Å². The summed E-state index contributed by atoms with van der Waals surface area (Å²) in [7, 11) is 0. The van der Waals surface area contributed by atoms with Gasteiger partial charge in [-0.1, -0.05) is 25.5 Å². The van der Waals surface area contributed by atoms with E-state index >= 15 is 0 Å². The summed E-state index contributed by atoms with van der Waals surface area (Å²) in [6.45, 7) is 6.03. The lowest BCUT2D eigenvalue weighted by molar-refractivity contribution is 0.0981. The molecule has 0 atom stereocenters. The number of nitrogens with zero attached hydrogens (tertiary/aromatic N) is 2. The van der Waals surface area contributed by atoms with Crippen LogP contribution in [0.5, 0.6) is 5.75 Å². The van der Waals surface area contributed by atoms with Gasteiger partial charge in [-0.2, -0.15) is 0 Å². The van der Waals surface area contributed by atoms with Crippen molar-refractivity contribution in [1.82, 2.24) is 4.98 Å². The van der Waals surface area contributed by atoms with Crippen LogP contribution < -0.4 is 9.64 Å². The smallest absolute Gasteiger partial charge is 0.153 e. The van der Waals surface area contributed by atoms with Crippen molar-refractivity contribution in [3.8, 4) is 16.9 Å². The number of unbranched alkanes of at least 4 members (excludes halogenated alkanes) is 1. The molecule has 0 amide bonds. The molecule has 2 aromatic rings. The third kappa shape index (κ3) is 5.30. The first-order chi connectivity index (χ1) is 13.3. The number of benzene rings is 1. The SMILES string of the molecule is CCCCOCCOc1ccc(-c2cnc(N3CCCC3)c(C=O)c2)cc1. The summed E-state index contributed by atoms with van der Waals surface area (Å²) in [6.07, 6.45) is 7.29. The number of carbonyl (C=O) groups excluding carboxylic acids is 1. The Labute approximate surface area is 161 Å². The lowest BCUT2D eigenvalue weighted by Crippen LogP contribution is -2.20. The van der Waals surface area contributed by atoms with E-state index in [0.29, 0.717) is 18.8 Å². The van der Waals surface area contributed by atoms with Crippen molar-refractivity contribution in [3.63, 3.8) is 0 Å². The number of rotatable bonds is 10. The van der Waals surface area contributed by atoms with E-state index < -0.39 is 0 Å². The van der Waals surface area contributed by atoms with Gasteiger partial charge in [0, 0.05) is 31.5 Å². The van der Waals surface area contributed by atoms with E-state index in [0.717, 1.165) is 74.4 Å². The van der Waals surface area contributed by atoms with Gasteiger partial charge in [0.2, 0.25) is 0 Å². The van der Waals surface area contributed by atoms with Gasteiger partial charge in [-0.25, -0.2) is 4.98 Å². The molecule has 144 valence electrons. The molecule has 1 saturated heterocycles. The summed E-state index contributed by atoms with van der Waals surface area (Å²) in [5.41, 5.74) is 2.61. The van der Waals surface area contributed by atoms with Crippen LogP contribution in [-0.4, -0.2) is 44.2 Å². The Morgan fingerprint density at radius 1 is 1.07 bits per heavy atom. The van der Waals surface area contributed by atoms with Gasteiger partial charge < -0.3 is 14.4 Å². The summed E-state index contributed by atoms with van der Waals surface area (Å²) in [4.78, 5) is 18.3. The summed E-state index contributed by atoms with van der Waals surface area (Å²) < 4.78 is 11.2. The molecule has 2 heterocycles. The number of anilines is 1. The van der Waals surface area contributed by atoms with E-state index in [-0.39, 0.29) is 0 Å². The molecule has 1 aromatic carbocycles. The minimum absolute atomic E-state index is 0.546. The third-order valence-corrected chi connectivity index (χ3v) is 4.75. The minimum Gasteiger partial charge on any atom is -0.491 e. The molecule has 1 aromatic heterocycles. The second-order valence-electron chi connectivity index (χ2n) is 6.79. The van der Waals surface area contributed by atoms with Crippen LogP contribution in [0, 0.1) is 0 Å². The highest BCUT2D eigenvalue weighted by Crippen LogP contribution is 2.27. The molecule has 1 aliphatic rings. The van der Waals surface area contributed by atoms with Gasteiger partial charge in [0.25, 0.3) is 0 Å². The molecule has 1 aliphatic heterocycles. The number of carbonyl (C=O) groups is 1. The van der Waals surface area contributed by atoms with Crippen LogP contribution >= 0.6 is 0 Å². The Kier molecular flexibility index (Phi) is 7.22. The summed E-state index contributed by atoms with van der Waals surface area (Å²) >= 11 is 0. The maximum atomic E-state index is 11.5. The Morgan fingerprint density at radius 2 is 1.85 bits per heavy atom. The van der Waals surface area contributed by atoms with Crippen molar-refractivity contribution >= 4 is 12.1 Å². The minimum atomic E-state index is 0.546. The fourth-order valence-corrected chi connectivity index (χ4v) is 3.22. The third-order valence-electron chi connectivity index (χ3n) is 4.75. The van der Waals surface area contributed by atoms with E-state index in [4.69, 9.17) is 9.47 Å². The molecule has 0 bridgehead atoms. The quantitative estimate of drug-likeness (QED) is 0.461. The first-order valence-corrected chi connectivity index (χ1v) is 9.83. The van der Waals surface area contributed by atoms with E-state index in [2.05, 4.69) is 16.8 Å². The van der Waals surface area contributed by atoms with Gasteiger partial charge in [-0.05, 0) is 43.0 Å². The average molecular weight is 368 g/mol. The zero-order chi connectivity index (χ0) is 18.9. The molecule has 1 fully saturated rings. The summed E-state index contributed by atoms with van der Waals surface area (Å²) in [5.74, 6) is 1.62. The molecule has 0 radical (unpaired) electrons. The largest absolute Gasteiger partial charge is 0.491 e. The molecule has 0 N–H and O–H groups in total. The zero-order valence-corrected chi connectivity index (χ0v) is 16.0. The van der Waals surface area contributed by atoms with Crippen molar-refractivity contribution in [2.45, 2.75) is 32.6 Å². The standard InChI is InChI=1S/C22H28N2O3/c1-2-3-12-26-13-14-27-21-8-6-18(7-9-21)19-15-20(17-25)22(23-16-19)24-10-4-5-11-24/h6-9,15-17H,2-5,10-14H2,1H3.